The molecule has 0 rings (SSSR count). The molecule has 0 aromatic heterocycles. The average Bonchev–Trinajstić information content (AvgIpc) is 3.29. The maximum Gasteiger partial charge on any atom is 0.268 e. The first-order valence-corrected chi connectivity index (χ1v) is 30.7. The van der Waals surface area contributed by atoms with Crippen LogP contribution >= 0.6 is 7.82 Å². The van der Waals surface area contributed by atoms with Crippen molar-refractivity contribution in [1.82, 2.24) is 5.32 Å². The van der Waals surface area contributed by atoms with Crippen molar-refractivity contribution in [3.05, 3.63) is 24.3 Å². The minimum atomic E-state index is -4.59. The van der Waals surface area contributed by atoms with Gasteiger partial charge in [-0.2, -0.15) is 0 Å². The van der Waals surface area contributed by atoms with Crippen LogP contribution in [0.5, 0.6) is 0 Å². The molecule has 0 saturated heterocycles. The molecule has 1 amide bonds. The molecule has 398 valence electrons. The van der Waals surface area contributed by atoms with Gasteiger partial charge in [0, 0.05) is 6.42 Å². The number of likely N-dealkylation sites (N-methyl/N-ethyl adjacent to an activating group) is 1. The maximum atomic E-state index is 13.0. The number of quaternary nitrogens is 1. The number of hydrogen-bond donors (Lipinski definition) is 2. The minimum Gasteiger partial charge on any atom is -0.756 e. The number of nitrogens with zero attached hydrogens (tertiary/aromatic N) is 1. The number of phosphoric acid groups is 1. The number of amides is 1. The first-order valence-electron chi connectivity index (χ1n) is 29.2. The quantitative estimate of drug-likeness (QED) is 0.0272. The first-order chi connectivity index (χ1) is 32.5. The summed E-state index contributed by atoms with van der Waals surface area (Å²) in [6.45, 7) is 4.69. The fraction of sp³-hybridized carbons (Fsp3) is 0.914. The summed E-state index contributed by atoms with van der Waals surface area (Å²) in [5.41, 5.74) is 0. The number of aliphatic hydroxyl groups is 1. The van der Waals surface area contributed by atoms with Crippen LogP contribution in [0.1, 0.15) is 290 Å². The van der Waals surface area contributed by atoms with Gasteiger partial charge in [0.05, 0.1) is 39.9 Å². The first kappa shape index (κ1) is 66.0. The Balaban J connectivity index is 4.17. The number of rotatable bonds is 54. The van der Waals surface area contributed by atoms with Crippen LogP contribution in [0.3, 0.4) is 0 Å². The molecule has 0 aliphatic heterocycles. The largest absolute Gasteiger partial charge is 0.756 e. The molecule has 0 heterocycles. The molecular weight excluding hydrogens is 852 g/mol. The zero-order chi connectivity index (χ0) is 49.2. The van der Waals surface area contributed by atoms with Crippen molar-refractivity contribution in [3.63, 3.8) is 0 Å². The molecule has 2 N–H and O–H groups in total. The van der Waals surface area contributed by atoms with Crippen molar-refractivity contribution in [2.75, 3.05) is 40.9 Å². The van der Waals surface area contributed by atoms with Crippen molar-refractivity contribution in [2.45, 2.75) is 302 Å². The van der Waals surface area contributed by atoms with Crippen LogP contribution < -0.4 is 10.2 Å². The maximum absolute atomic E-state index is 13.0. The lowest BCUT2D eigenvalue weighted by molar-refractivity contribution is -0.870. The van der Waals surface area contributed by atoms with E-state index < -0.39 is 20.0 Å². The Labute approximate surface area is 417 Å². The molecule has 3 atom stereocenters. The van der Waals surface area contributed by atoms with Crippen molar-refractivity contribution in [2.24, 2.45) is 0 Å². The number of allylic oxidation sites excluding steroid dienone is 3. The Bertz CT molecular complexity index is 1140. The molecule has 0 aliphatic carbocycles. The highest BCUT2D eigenvalue weighted by atomic mass is 31.2. The monoisotopic (exact) mass is 967 g/mol. The standard InChI is InChI=1S/C58H115N2O6P/c1-6-8-10-12-14-16-18-20-22-24-26-27-28-29-30-31-32-34-36-38-40-42-44-46-48-50-52-58(62)59-56(55-66-67(63,64)65-54-53-60(3,4)5)57(61)51-49-47-45-43-41-39-37-35-33-25-23-21-19-17-15-13-11-9-7-2/h29-30,49,51,56-57,61H,6-28,31-48,50,52-55H2,1-5H3,(H-,59,62,63,64)/b30-29-,51-49+. The van der Waals surface area contributed by atoms with Gasteiger partial charge in [0.25, 0.3) is 7.82 Å². The molecule has 0 aliphatic rings. The molecule has 0 fully saturated rings. The molecule has 0 radical (unpaired) electrons. The number of carbonyl (C=O) groups is 1. The smallest absolute Gasteiger partial charge is 0.268 e. The van der Waals surface area contributed by atoms with Gasteiger partial charge < -0.3 is 28.8 Å². The summed E-state index contributed by atoms with van der Waals surface area (Å²) in [7, 11) is 1.27. The lowest BCUT2D eigenvalue weighted by Crippen LogP contribution is -2.45. The van der Waals surface area contributed by atoms with E-state index in [1.165, 1.54) is 231 Å². The summed E-state index contributed by atoms with van der Waals surface area (Å²) < 4.78 is 23.4. The Kier molecular flexibility index (Phi) is 49.2. The Hall–Kier alpha value is -1.02. The zero-order valence-electron chi connectivity index (χ0n) is 45.4. The fourth-order valence-electron chi connectivity index (χ4n) is 8.80. The predicted octanol–water partition coefficient (Wildman–Crippen LogP) is 17.0. The number of phosphoric ester groups is 1. The molecule has 0 bridgehead atoms. The predicted molar refractivity (Wildman–Crippen MR) is 289 cm³/mol. The Morgan fingerprint density at radius 2 is 0.821 bits per heavy atom. The molecule has 3 unspecified atom stereocenters. The lowest BCUT2D eigenvalue weighted by Gasteiger charge is -2.29. The molecule has 0 spiro atoms. The van der Waals surface area contributed by atoms with Gasteiger partial charge in [0.2, 0.25) is 5.91 Å². The highest BCUT2D eigenvalue weighted by Crippen LogP contribution is 2.38. The summed E-state index contributed by atoms with van der Waals surface area (Å²) >= 11 is 0. The number of aliphatic hydroxyl groups excluding tert-OH is 1. The highest BCUT2D eigenvalue weighted by Gasteiger charge is 2.23. The minimum absolute atomic E-state index is 0.000540. The second kappa shape index (κ2) is 49.9. The average molecular weight is 968 g/mol. The van der Waals surface area contributed by atoms with Gasteiger partial charge in [-0.25, -0.2) is 0 Å². The molecule has 0 aromatic carbocycles. The number of unbranched alkanes of at least 4 members (excludes halogenated alkanes) is 39. The molecule has 8 nitrogen and oxygen atoms in total. The van der Waals surface area contributed by atoms with Crippen molar-refractivity contribution < 1.29 is 32.9 Å². The number of carbonyl (C=O) groups excluding carboxylic acids is 1. The molecular formula is C58H115N2O6P. The van der Waals surface area contributed by atoms with Gasteiger partial charge in [0.1, 0.15) is 13.2 Å². The van der Waals surface area contributed by atoms with Gasteiger partial charge >= 0.3 is 0 Å². The second-order valence-corrected chi connectivity index (χ2v) is 22.8. The van der Waals surface area contributed by atoms with Gasteiger partial charge in [-0.05, 0) is 44.9 Å². The van der Waals surface area contributed by atoms with Crippen molar-refractivity contribution in [1.29, 1.82) is 0 Å². The van der Waals surface area contributed by atoms with Crippen LogP contribution in [0.25, 0.3) is 0 Å². The Morgan fingerprint density at radius 3 is 1.16 bits per heavy atom. The van der Waals surface area contributed by atoms with E-state index in [-0.39, 0.29) is 19.1 Å². The summed E-state index contributed by atoms with van der Waals surface area (Å²) in [5.74, 6) is -0.194. The second-order valence-electron chi connectivity index (χ2n) is 21.4. The third kappa shape index (κ3) is 52.6. The summed E-state index contributed by atoms with van der Waals surface area (Å²) in [4.78, 5) is 25.5. The van der Waals surface area contributed by atoms with E-state index in [1.807, 2.05) is 27.2 Å². The van der Waals surface area contributed by atoms with E-state index >= 15 is 0 Å². The number of hydrogen-bond acceptors (Lipinski definition) is 6. The Morgan fingerprint density at radius 1 is 0.507 bits per heavy atom. The summed E-state index contributed by atoms with van der Waals surface area (Å²) in [6, 6.07) is -0.886. The van der Waals surface area contributed by atoms with E-state index in [9.17, 15) is 19.4 Å². The van der Waals surface area contributed by atoms with Crippen LogP contribution in [-0.2, 0) is 18.4 Å². The van der Waals surface area contributed by atoms with Crippen LogP contribution in [-0.4, -0.2) is 68.5 Å². The molecule has 0 saturated carbocycles. The topological polar surface area (TPSA) is 108 Å². The zero-order valence-corrected chi connectivity index (χ0v) is 46.3. The molecule has 0 aromatic rings. The van der Waals surface area contributed by atoms with Crippen molar-refractivity contribution in [3.8, 4) is 0 Å². The van der Waals surface area contributed by atoms with Crippen LogP contribution in [0.15, 0.2) is 24.3 Å². The molecule has 67 heavy (non-hydrogen) atoms. The van der Waals surface area contributed by atoms with E-state index in [0.717, 1.165) is 38.5 Å². The van der Waals surface area contributed by atoms with Crippen molar-refractivity contribution >= 4 is 13.7 Å². The lowest BCUT2D eigenvalue weighted by atomic mass is 10.0. The normalized spacial score (nSPS) is 14.1. The van der Waals surface area contributed by atoms with Gasteiger partial charge in [0.15, 0.2) is 0 Å². The van der Waals surface area contributed by atoms with Crippen LogP contribution in [0, 0.1) is 0 Å². The highest BCUT2D eigenvalue weighted by molar-refractivity contribution is 7.45. The molecule has 9 heteroatoms. The van der Waals surface area contributed by atoms with E-state index in [2.05, 4.69) is 31.3 Å². The van der Waals surface area contributed by atoms with Gasteiger partial charge in [-0.3, -0.25) is 9.36 Å². The van der Waals surface area contributed by atoms with E-state index in [1.54, 1.807) is 6.08 Å². The SMILES string of the molecule is CCCCCCCCCCCCCC/C=C\CCCCCCCCCCCCC(=O)NC(COP(=O)([O-])OCC[N+](C)(C)C)C(O)/C=C/CCCCCCCCCCCCCCCCCCC. The third-order valence-electron chi connectivity index (χ3n) is 13.4. The van der Waals surface area contributed by atoms with E-state index in [0.29, 0.717) is 17.4 Å². The van der Waals surface area contributed by atoms with Gasteiger partial charge in [-0.1, -0.05) is 263 Å². The third-order valence-corrected chi connectivity index (χ3v) is 14.4. The fourth-order valence-corrected chi connectivity index (χ4v) is 9.52. The van der Waals surface area contributed by atoms with E-state index in [4.69, 9.17) is 9.05 Å². The summed E-state index contributed by atoms with van der Waals surface area (Å²) in [5, 5.41) is 13.9. The number of nitrogens with one attached hydrogen (secondary N) is 1. The van der Waals surface area contributed by atoms with Crippen LogP contribution in [0.2, 0.25) is 0 Å². The summed E-state index contributed by atoms with van der Waals surface area (Å²) in [6.07, 6.45) is 62.5. The van der Waals surface area contributed by atoms with Gasteiger partial charge in [-0.15, -0.1) is 0 Å². The van der Waals surface area contributed by atoms with Crippen LogP contribution in [0.4, 0.5) is 0 Å².